The standard InChI is InChI=1S/C12H12N2O5/c1-2-19-9-3-4-10(11(6-9)14(17)18)13-7-8(15)5-12(13)16/h3-4,6H,2,5,7H2,1H3. The second-order valence-electron chi connectivity index (χ2n) is 4.04. The van der Waals surface area contributed by atoms with Crippen molar-refractivity contribution in [2.75, 3.05) is 18.1 Å². The molecule has 1 saturated heterocycles. The third-order valence-corrected chi connectivity index (χ3v) is 2.73. The number of nitro groups is 1. The first-order valence-electron chi connectivity index (χ1n) is 5.76. The molecule has 0 aromatic heterocycles. The first-order chi connectivity index (χ1) is 9.02. The molecular formula is C12H12N2O5. The van der Waals surface area contributed by atoms with Crippen molar-refractivity contribution in [1.29, 1.82) is 0 Å². The Morgan fingerprint density at radius 1 is 1.42 bits per heavy atom. The fourth-order valence-electron chi connectivity index (χ4n) is 1.94. The largest absolute Gasteiger partial charge is 0.494 e. The Kier molecular flexibility index (Phi) is 3.46. The van der Waals surface area contributed by atoms with Gasteiger partial charge in [0.15, 0.2) is 5.78 Å². The lowest BCUT2D eigenvalue weighted by Crippen LogP contribution is -2.25. The molecule has 2 rings (SSSR count). The Morgan fingerprint density at radius 3 is 2.68 bits per heavy atom. The van der Waals surface area contributed by atoms with E-state index in [2.05, 4.69) is 0 Å². The molecule has 0 spiro atoms. The van der Waals surface area contributed by atoms with Crippen molar-refractivity contribution >= 4 is 23.1 Å². The molecule has 0 atom stereocenters. The number of ether oxygens (including phenoxy) is 1. The van der Waals surface area contributed by atoms with Crippen LogP contribution in [0.5, 0.6) is 5.75 Å². The monoisotopic (exact) mass is 264 g/mol. The van der Waals surface area contributed by atoms with Crippen molar-refractivity contribution in [2.45, 2.75) is 13.3 Å². The van der Waals surface area contributed by atoms with E-state index < -0.39 is 10.8 Å². The maximum atomic E-state index is 11.6. The molecule has 0 saturated carbocycles. The zero-order valence-electron chi connectivity index (χ0n) is 10.3. The third kappa shape index (κ3) is 2.54. The summed E-state index contributed by atoms with van der Waals surface area (Å²) in [6.45, 7) is 2.04. The summed E-state index contributed by atoms with van der Waals surface area (Å²) in [4.78, 5) is 34.4. The van der Waals surface area contributed by atoms with Crippen LogP contribution in [0.3, 0.4) is 0 Å². The van der Waals surface area contributed by atoms with Crippen molar-refractivity contribution in [3.05, 3.63) is 28.3 Å². The summed E-state index contributed by atoms with van der Waals surface area (Å²) in [6, 6.07) is 4.23. The number of nitrogens with zero attached hydrogens (tertiary/aromatic N) is 2. The third-order valence-electron chi connectivity index (χ3n) is 2.73. The molecule has 1 aliphatic heterocycles. The fraction of sp³-hybridized carbons (Fsp3) is 0.333. The minimum Gasteiger partial charge on any atom is -0.494 e. The van der Waals surface area contributed by atoms with Gasteiger partial charge in [0.2, 0.25) is 5.91 Å². The zero-order chi connectivity index (χ0) is 14.0. The quantitative estimate of drug-likeness (QED) is 0.464. The van der Waals surface area contributed by atoms with Gasteiger partial charge in [0.05, 0.1) is 30.6 Å². The van der Waals surface area contributed by atoms with Crippen LogP contribution < -0.4 is 9.64 Å². The predicted octanol–water partition coefficient (Wildman–Crippen LogP) is 1.30. The van der Waals surface area contributed by atoms with Crippen LogP contribution in [0.4, 0.5) is 11.4 Å². The summed E-state index contributed by atoms with van der Waals surface area (Å²) in [6.07, 6.45) is -0.204. The molecule has 100 valence electrons. The van der Waals surface area contributed by atoms with E-state index >= 15 is 0 Å². The van der Waals surface area contributed by atoms with Gasteiger partial charge in [-0.25, -0.2) is 0 Å². The molecule has 0 unspecified atom stereocenters. The van der Waals surface area contributed by atoms with Crippen LogP contribution in [0, 0.1) is 10.1 Å². The lowest BCUT2D eigenvalue weighted by molar-refractivity contribution is -0.384. The SMILES string of the molecule is CCOc1ccc(N2CC(=O)CC2=O)c([N+](=O)[O-])c1. The number of hydrogen-bond acceptors (Lipinski definition) is 5. The number of Topliss-reactive ketones (excluding diaryl/α,β-unsaturated/α-hetero) is 1. The van der Waals surface area contributed by atoms with Crippen LogP contribution in [0.15, 0.2) is 18.2 Å². The number of hydrogen-bond donors (Lipinski definition) is 0. The van der Waals surface area contributed by atoms with Gasteiger partial charge >= 0.3 is 0 Å². The van der Waals surface area contributed by atoms with Crippen LogP contribution >= 0.6 is 0 Å². The summed E-state index contributed by atoms with van der Waals surface area (Å²) in [5.41, 5.74) is -0.113. The lowest BCUT2D eigenvalue weighted by Gasteiger charge is -2.15. The van der Waals surface area contributed by atoms with Crippen molar-refractivity contribution in [1.82, 2.24) is 0 Å². The molecule has 7 nitrogen and oxygen atoms in total. The molecule has 1 amide bonds. The molecule has 0 aliphatic carbocycles. The van der Waals surface area contributed by atoms with Gasteiger partial charge in [0.25, 0.3) is 5.69 Å². The first-order valence-corrected chi connectivity index (χ1v) is 5.76. The molecule has 1 aliphatic rings. The highest BCUT2D eigenvalue weighted by atomic mass is 16.6. The smallest absolute Gasteiger partial charge is 0.296 e. The van der Waals surface area contributed by atoms with Gasteiger partial charge in [-0.1, -0.05) is 0 Å². The molecule has 0 bridgehead atoms. The maximum absolute atomic E-state index is 11.6. The highest BCUT2D eigenvalue weighted by Gasteiger charge is 2.33. The summed E-state index contributed by atoms with van der Waals surface area (Å²) in [7, 11) is 0. The average molecular weight is 264 g/mol. The van der Waals surface area contributed by atoms with Crippen LogP contribution in [-0.2, 0) is 9.59 Å². The number of benzene rings is 1. The molecule has 7 heteroatoms. The summed E-state index contributed by atoms with van der Waals surface area (Å²) < 4.78 is 5.19. The Morgan fingerprint density at radius 2 is 2.16 bits per heavy atom. The van der Waals surface area contributed by atoms with Gasteiger partial charge in [-0.3, -0.25) is 24.6 Å². The molecule has 0 N–H and O–H groups in total. The molecule has 19 heavy (non-hydrogen) atoms. The number of amides is 1. The predicted molar refractivity (Wildman–Crippen MR) is 66.2 cm³/mol. The number of nitro benzene ring substituents is 1. The second kappa shape index (κ2) is 5.05. The van der Waals surface area contributed by atoms with E-state index in [4.69, 9.17) is 4.74 Å². The summed E-state index contributed by atoms with van der Waals surface area (Å²) in [5.74, 6) is -0.304. The zero-order valence-corrected chi connectivity index (χ0v) is 10.3. The number of carbonyl (C=O) groups is 2. The van der Waals surface area contributed by atoms with Crippen LogP contribution in [0.1, 0.15) is 13.3 Å². The number of ketones is 1. The minimum atomic E-state index is -0.589. The molecule has 0 radical (unpaired) electrons. The van der Waals surface area contributed by atoms with Crippen LogP contribution in [0.25, 0.3) is 0 Å². The van der Waals surface area contributed by atoms with E-state index in [1.54, 1.807) is 13.0 Å². The van der Waals surface area contributed by atoms with Gasteiger partial charge in [0.1, 0.15) is 11.4 Å². The molecule has 1 fully saturated rings. The number of rotatable bonds is 4. The first kappa shape index (κ1) is 13.0. The van der Waals surface area contributed by atoms with Gasteiger partial charge in [-0.15, -0.1) is 0 Å². The van der Waals surface area contributed by atoms with E-state index in [-0.39, 0.29) is 30.1 Å². The Hall–Kier alpha value is -2.44. The Balaban J connectivity index is 2.42. The van der Waals surface area contributed by atoms with Crippen molar-refractivity contribution in [3.63, 3.8) is 0 Å². The summed E-state index contributed by atoms with van der Waals surface area (Å²) in [5, 5.41) is 11.1. The van der Waals surface area contributed by atoms with Crippen LogP contribution in [-0.4, -0.2) is 29.8 Å². The van der Waals surface area contributed by atoms with Crippen molar-refractivity contribution in [2.24, 2.45) is 0 Å². The molecule has 1 aromatic rings. The van der Waals surface area contributed by atoms with Crippen molar-refractivity contribution < 1.29 is 19.2 Å². The molecule has 1 aromatic carbocycles. The normalized spacial score (nSPS) is 14.9. The topological polar surface area (TPSA) is 89.8 Å². The lowest BCUT2D eigenvalue weighted by atomic mass is 10.2. The Labute approximate surface area is 108 Å². The van der Waals surface area contributed by atoms with E-state index in [0.29, 0.717) is 12.4 Å². The summed E-state index contributed by atoms with van der Waals surface area (Å²) >= 11 is 0. The van der Waals surface area contributed by atoms with Crippen LogP contribution in [0.2, 0.25) is 0 Å². The van der Waals surface area contributed by atoms with E-state index in [1.807, 2.05) is 0 Å². The van der Waals surface area contributed by atoms with Gasteiger partial charge in [-0.2, -0.15) is 0 Å². The van der Waals surface area contributed by atoms with E-state index in [1.165, 1.54) is 12.1 Å². The highest BCUT2D eigenvalue weighted by Crippen LogP contribution is 2.33. The van der Waals surface area contributed by atoms with Gasteiger partial charge < -0.3 is 4.74 Å². The van der Waals surface area contributed by atoms with Crippen molar-refractivity contribution in [3.8, 4) is 5.75 Å². The number of carbonyl (C=O) groups excluding carboxylic acids is 2. The Bertz CT molecular complexity index is 555. The average Bonchev–Trinajstić information content (AvgIpc) is 2.68. The van der Waals surface area contributed by atoms with E-state index in [9.17, 15) is 19.7 Å². The van der Waals surface area contributed by atoms with Gasteiger partial charge in [0, 0.05) is 0 Å². The molecular weight excluding hydrogens is 252 g/mol. The molecule has 1 heterocycles. The fourth-order valence-corrected chi connectivity index (χ4v) is 1.94. The minimum absolute atomic E-state index is 0.117. The second-order valence-corrected chi connectivity index (χ2v) is 4.04. The van der Waals surface area contributed by atoms with Gasteiger partial charge in [-0.05, 0) is 19.1 Å². The number of anilines is 1. The maximum Gasteiger partial charge on any atom is 0.296 e. The highest BCUT2D eigenvalue weighted by molar-refractivity contribution is 6.15. The van der Waals surface area contributed by atoms with E-state index in [0.717, 1.165) is 4.90 Å².